The fraction of sp³-hybridized carbons (Fsp3) is 0.375. The first-order valence-corrected chi connectivity index (χ1v) is 7.46. The Morgan fingerprint density at radius 2 is 2.05 bits per heavy atom. The van der Waals surface area contributed by atoms with Gasteiger partial charge in [0.05, 0.1) is 6.54 Å². The van der Waals surface area contributed by atoms with Gasteiger partial charge in [-0.25, -0.2) is 4.79 Å². The molecule has 2 rings (SSSR count). The molecule has 1 aromatic carbocycles. The predicted octanol–water partition coefficient (Wildman–Crippen LogP) is 2.19. The molecular weight excluding hydrogens is 304 g/mol. The number of hydrogen-bond donors (Lipinski definition) is 1. The first-order valence-electron chi connectivity index (χ1n) is 7.08. The summed E-state index contributed by atoms with van der Waals surface area (Å²) in [6.07, 6.45) is 0.763. The number of aryl methyl sites for hydroxylation is 1. The number of benzene rings is 1. The van der Waals surface area contributed by atoms with Crippen molar-refractivity contribution in [3.8, 4) is 0 Å². The largest absolute Gasteiger partial charge is 0.423 e. The van der Waals surface area contributed by atoms with Crippen LogP contribution in [0.3, 0.4) is 0 Å². The number of hydrogen-bond acceptors (Lipinski definition) is 4. The van der Waals surface area contributed by atoms with E-state index in [2.05, 4.69) is 5.32 Å². The minimum absolute atomic E-state index is 0.0823. The maximum Gasteiger partial charge on any atom is 0.336 e. The number of carbonyl (C=O) groups is 1. The summed E-state index contributed by atoms with van der Waals surface area (Å²) >= 11 is 6.26. The second-order valence-electron chi connectivity index (χ2n) is 5.23. The molecule has 0 unspecified atom stereocenters. The van der Waals surface area contributed by atoms with Crippen LogP contribution in [0.15, 0.2) is 27.4 Å². The van der Waals surface area contributed by atoms with E-state index in [0.717, 1.165) is 22.9 Å². The molecule has 6 heteroatoms. The lowest BCUT2D eigenvalue weighted by atomic mass is 10.1. The van der Waals surface area contributed by atoms with E-state index in [0.29, 0.717) is 17.2 Å². The predicted molar refractivity (Wildman–Crippen MR) is 87.3 cm³/mol. The molecule has 1 heterocycles. The van der Waals surface area contributed by atoms with Gasteiger partial charge in [-0.15, -0.1) is 0 Å². The third kappa shape index (κ3) is 3.67. The minimum Gasteiger partial charge on any atom is -0.423 e. The Morgan fingerprint density at radius 1 is 1.32 bits per heavy atom. The molecule has 0 saturated carbocycles. The van der Waals surface area contributed by atoms with Crippen molar-refractivity contribution in [3.05, 3.63) is 44.8 Å². The summed E-state index contributed by atoms with van der Waals surface area (Å²) in [5, 5.41) is 4.02. The number of nitrogens with one attached hydrogen (secondary N) is 1. The topological polar surface area (TPSA) is 62.6 Å². The number of amides is 1. The van der Waals surface area contributed by atoms with E-state index >= 15 is 0 Å². The number of carbonyl (C=O) groups excluding carboxylic acids is 1. The van der Waals surface area contributed by atoms with Crippen molar-refractivity contribution in [2.75, 3.05) is 20.6 Å². The van der Waals surface area contributed by atoms with E-state index in [4.69, 9.17) is 16.0 Å². The van der Waals surface area contributed by atoms with E-state index in [1.807, 2.05) is 24.9 Å². The molecule has 0 fully saturated rings. The van der Waals surface area contributed by atoms with Gasteiger partial charge in [0.15, 0.2) is 0 Å². The summed E-state index contributed by atoms with van der Waals surface area (Å²) in [5.41, 5.74) is 1.85. The first kappa shape index (κ1) is 16.5. The number of halogens is 1. The molecule has 0 radical (unpaired) electrons. The van der Waals surface area contributed by atoms with Gasteiger partial charge in [0.1, 0.15) is 5.58 Å². The van der Waals surface area contributed by atoms with Crippen LogP contribution < -0.4 is 10.9 Å². The normalized spacial score (nSPS) is 11.1. The number of nitrogens with zero attached hydrogens (tertiary/aromatic N) is 1. The van der Waals surface area contributed by atoms with Gasteiger partial charge in [0, 0.05) is 30.1 Å². The van der Waals surface area contributed by atoms with Gasteiger partial charge < -0.3 is 9.73 Å². The monoisotopic (exact) mass is 322 g/mol. The summed E-state index contributed by atoms with van der Waals surface area (Å²) < 4.78 is 5.27. The third-order valence-corrected chi connectivity index (χ3v) is 3.86. The maximum absolute atomic E-state index is 11.8. The van der Waals surface area contributed by atoms with E-state index in [1.54, 1.807) is 13.1 Å². The standard InChI is InChI=1S/C16H19ClN2O3/c1-4-10-5-14-12(7-13(10)17)11(6-16(21)22-14)8-19(3)9-15(20)18-2/h5-7H,4,8-9H2,1-3H3,(H,18,20). The van der Waals surface area contributed by atoms with E-state index in [-0.39, 0.29) is 12.5 Å². The third-order valence-electron chi connectivity index (χ3n) is 3.51. The van der Waals surface area contributed by atoms with Crippen molar-refractivity contribution in [1.29, 1.82) is 0 Å². The molecule has 22 heavy (non-hydrogen) atoms. The van der Waals surface area contributed by atoms with Crippen LogP contribution in [0, 0.1) is 0 Å². The lowest BCUT2D eigenvalue weighted by molar-refractivity contribution is -0.121. The molecule has 1 N–H and O–H groups in total. The number of fused-ring (bicyclic) bond motifs is 1. The van der Waals surface area contributed by atoms with Crippen molar-refractivity contribution < 1.29 is 9.21 Å². The fourth-order valence-corrected chi connectivity index (χ4v) is 2.66. The Hall–Kier alpha value is -1.85. The molecule has 1 aromatic heterocycles. The van der Waals surface area contributed by atoms with E-state index in [9.17, 15) is 9.59 Å². The lowest BCUT2D eigenvalue weighted by Gasteiger charge is -2.16. The number of likely N-dealkylation sites (N-methyl/N-ethyl adjacent to an activating group) is 2. The van der Waals surface area contributed by atoms with Crippen LogP contribution in [0.2, 0.25) is 5.02 Å². The quantitative estimate of drug-likeness (QED) is 0.857. The lowest BCUT2D eigenvalue weighted by Crippen LogP contribution is -2.32. The molecule has 1 amide bonds. The van der Waals surface area contributed by atoms with Crippen molar-refractivity contribution in [1.82, 2.24) is 10.2 Å². The van der Waals surface area contributed by atoms with Crippen molar-refractivity contribution in [3.63, 3.8) is 0 Å². The minimum atomic E-state index is -0.403. The van der Waals surface area contributed by atoms with Crippen molar-refractivity contribution >= 4 is 28.5 Å². The molecule has 0 aliphatic carbocycles. The van der Waals surface area contributed by atoms with Crippen LogP contribution in [-0.2, 0) is 17.8 Å². The summed E-state index contributed by atoms with van der Waals surface area (Å²) in [6, 6.07) is 5.08. The van der Waals surface area contributed by atoms with Crippen LogP contribution in [0.5, 0.6) is 0 Å². The molecule has 118 valence electrons. The van der Waals surface area contributed by atoms with Gasteiger partial charge in [0.25, 0.3) is 0 Å². The summed E-state index contributed by atoms with van der Waals surface area (Å²) in [5.74, 6) is -0.0823. The highest BCUT2D eigenvalue weighted by molar-refractivity contribution is 6.32. The molecule has 0 spiro atoms. The molecule has 0 bridgehead atoms. The molecule has 0 aliphatic rings. The zero-order chi connectivity index (χ0) is 16.3. The Bertz CT molecular complexity index is 755. The summed E-state index contributed by atoms with van der Waals surface area (Å²) in [6.45, 7) is 2.70. The molecule has 2 aromatic rings. The SMILES string of the molecule is CCc1cc2oc(=O)cc(CN(C)CC(=O)NC)c2cc1Cl. The average Bonchev–Trinajstić information content (AvgIpc) is 2.47. The second kappa shape index (κ2) is 6.94. The Balaban J connectivity index is 2.42. The highest BCUT2D eigenvalue weighted by Gasteiger charge is 2.12. The molecule has 0 saturated heterocycles. The smallest absolute Gasteiger partial charge is 0.336 e. The Kier molecular flexibility index (Phi) is 5.21. The van der Waals surface area contributed by atoms with E-state index in [1.165, 1.54) is 6.07 Å². The zero-order valence-corrected chi connectivity index (χ0v) is 13.7. The van der Waals surface area contributed by atoms with Crippen LogP contribution in [-0.4, -0.2) is 31.4 Å². The molecule has 5 nitrogen and oxygen atoms in total. The van der Waals surface area contributed by atoms with Crippen LogP contribution in [0.1, 0.15) is 18.1 Å². The van der Waals surface area contributed by atoms with Crippen LogP contribution >= 0.6 is 11.6 Å². The summed E-state index contributed by atoms with van der Waals surface area (Å²) in [4.78, 5) is 25.0. The zero-order valence-electron chi connectivity index (χ0n) is 12.9. The Labute approximate surface area is 133 Å². The van der Waals surface area contributed by atoms with Gasteiger partial charge in [-0.2, -0.15) is 0 Å². The average molecular weight is 323 g/mol. The maximum atomic E-state index is 11.8. The van der Waals surface area contributed by atoms with Gasteiger partial charge in [-0.05, 0) is 36.7 Å². The van der Waals surface area contributed by atoms with Crippen molar-refractivity contribution in [2.24, 2.45) is 0 Å². The summed E-state index contributed by atoms with van der Waals surface area (Å²) in [7, 11) is 3.41. The van der Waals surface area contributed by atoms with Crippen LogP contribution in [0.25, 0.3) is 11.0 Å². The van der Waals surface area contributed by atoms with Gasteiger partial charge in [-0.3, -0.25) is 9.69 Å². The molecular formula is C16H19ClN2O3. The second-order valence-corrected chi connectivity index (χ2v) is 5.64. The fourth-order valence-electron chi connectivity index (χ4n) is 2.36. The molecule has 0 atom stereocenters. The first-order chi connectivity index (χ1) is 10.4. The Morgan fingerprint density at radius 3 is 2.68 bits per heavy atom. The molecule has 0 aliphatic heterocycles. The van der Waals surface area contributed by atoms with Crippen molar-refractivity contribution in [2.45, 2.75) is 19.9 Å². The van der Waals surface area contributed by atoms with E-state index < -0.39 is 5.63 Å². The van der Waals surface area contributed by atoms with Gasteiger partial charge in [0.2, 0.25) is 5.91 Å². The van der Waals surface area contributed by atoms with Gasteiger partial charge >= 0.3 is 5.63 Å². The van der Waals surface area contributed by atoms with Gasteiger partial charge in [-0.1, -0.05) is 18.5 Å². The number of rotatable bonds is 5. The van der Waals surface area contributed by atoms with Crippen LogP contribution in [0.4, 0.5) is 0 Å². The highest BCUT2D eigenvalue weighted by Crippen LogP contribution is 2.26. The highest BCUT2D eigenvalue weighted by atomic mass is 35.5.